The van der Waals surface area contributed by atoms with Gasteiger partial charge in [0.05, 0.1) is 96.8 Å². The van der Waals surface area contributed by atoms with Gasteiger partial charge in [-0.1, -0.05) is 78.9 Å². The third kappa shape index (κ3) is 7.76. The minimum atomic E-state index is -1.95. The first kappa shape index (κ1) is 43.4. The zero-order valence-electron chi connectivity index (χ0n) is 35.8. The van der Waals surface area contributed by atoms with E-state index >= 15 is 0 Å². The molecule has 66 heavy (non-hydrogen) atoms. The van der Waals surface area contributed by atoms with Crippen molar-refractivity contribution >= 4 is 35.3 Å². The smallest absolute Gasteiger partial charge is 0.337 e. The number of imidazole rings is 1. The van der Waals surface area contributed by atoms with Crippen LogP contribution in [0.3, 0.4) is 0 Å². The third-order valence-corrected chi connectivity index (χ3v) is 11.0. The molecule has 7 aromatic rings. The highest BCUT2D eigenvalue weighted by Crippen LogP contribution is 2.47. The number of aromatic nitrogens is 2. The van der Waals surface area contributed by atoms with Gasteiger partial charge < -0.3 is 18.9 Å². The van der Waals surface area contributed by atoms with E-state index in [1.807, 2.05) is 0 Å². The van der Waals surface area contributed by atoms with Crippen LogP contribution >= 0.6 is 0 Å². The number of hydrogen-bond donors (Lipinski definition) is 0. The van der Waals surface area contributed by atoms with Gasteiger partial charge in [-0.25, -0.2) is 34.1 Å². The van der Waals surface area contributed by atoms with Gasteiger partial charge in [-0.15, -0.1) is 0 Å². The Kier molecular flexibility index (Phi) is 12.0. The van der Waals surface area contributed by atoms with Gasteiger partial charge in [0, 0.05) is 33.4 Å². The number of aliphatic imine (C=N–C) groups is 2. The first-order valence-electron chi connectivity index (χ1n) is 20.2. The van der Waals surface area contributed by atoms with Crippen LogP contribution < -0.4 is 0 Å². The molecule has 0 bridgehead atoms. The van der Waals surface area contributed by atoms with E-state index in [-0.39, 0.29) is 39.2 Å². The largest absolute Gasteiger partial charge is 0.465 e. The quantitative estimate of drug-likeness (QED) is 0.0894. The molecule has 8 rings (SSSR count). The normalized spacial score (nSPS) is 12.5. The molecule has 0 atom stereocenters. The topological polar surface area (TPSA) is 195 Å². The van der Waals surface area contributed by atoms with E-state index in [1.54, 1.807) is 150 Å². The Bertz CT molecular complexity index is 3140. The van der Waals surface area contributed by atoms with Crippen LogP contribution in [0.2, 0.25) is 0 Å². The number of carbonyl (C=O) groups is 4. The Morgan fingerprint density at radius 3 is 1.29 bits per heavy atom. The van der Waals surface area contributed by atoms with Crippen molar-refractivity contribution in [2.45, 2.75) is 5.79 Å². The van der Waals surface area contributed by atoms with Crippen LogP contribution in [0.15, 0.2) is 156 Å². The summed E-state index contributed by atoms with van der Waals surface area (Å²) < 4.78 is 21.7. The Balaban J connectivity index is 1.57. The van der Waals surface area contributed by atoms with Crippen LogP contribution in [-0.2, 0) is 24.7 Å². The lowest BCUT2D eigenvalue weighted by Gasteiger charge is -2.30. The van der Waals surface area contributed by atoms with Gasteiger partial charge in [-0.3, -0.25) is 4.57 Å². The van der Waals surface area contributed by atoms with E-state index in [9.17, 15) is 29.7 Å². The maximum Gasteiger partial charge on any atom is 0.337 e. The Morgan fingerprint density at radius 1 is 0.485 bits per heavy atom. The number of hydrogen-bond acceptors (Lipinski definition) is 13. The first-order chi connectivity index (χ1) is 32.1. The molecular formula is C52H36N6O8. The van der Waals surface area contributed by atoms with Gasteiger partial charge in [0.25, 0.3) is 5.79 Å². The molecule has 2 heterocycles. The van der Waals surface area contributed by atoms with Crippen molar-refractivity contribution in [2.24, 2.45) is 9.98 Å². The van der Waals surface area contributed by atoms with Gasteiger partial charge in [-0.2, -0.15) is 10.5 Å². The second-order valence-corrected chi connectivity index (χ2v) is 14.6. The van der Waals surface area contributed by atoms with Crippen molar-refractivity contribution in [3.8, 4) is 46.0 Å². The SMILES string of the molecule is COC(=O)c1ccc(C2=NC(c3ccccc3C#N)(n3c(-c4ccccc4C#N)nc(-c4ccc(C(=O)OC)cc4)c3-c3ccc(C(=O)OC)cc3)N=C2c2ccc(C(=O)OC)cc2)cc1. The number of benzene rings is 6. The highest BCUT2D eigenvalue weighted by Gasteiger charge is 2.46. The predicted molar refractivity (Wildman–Crippen MR) is 243 cm³/mol. The van der Waals surface area contributed by atoms with E-state index in [1.165, 1.54) is 28.4 Å². The lowest BCUT2D eigenvalue weighted by atomic mass is 9.98. The molecule has 1 aliphatic heterocycles. The number of methoxy groups -OCH3 is 4. The monoisotopic (exact) mass is 872 g/mol. The summed E-state index contributed by atoms with van der Waals surface area (Å²) in [5.74, 6) is -3.94. The van der Waals surface area contributed by atoms with Gasteiger partial charge in [-0.05, 0) is 66.7 Å². The van der Waals surface area contributed by atoms with Crippen LogP contribution in [0.5, 0.6) is 0 Å². The van der Waals surface area contributed by atoms with Crippen LogP contribution in [0.4, 0.5) is 0 Å². The second kappa shape index (κ2) is 18.2. The molecule has 0 fully saturated rings. The predicted octanol–water partition coefficient (Wildman–Crippen LogP) is 8.42. The summed E-state index contributed by atoms with van der Waals surface area (Å²) in [6.07, 6.45) is 0. The van der Waals surface area contributed by atoms with Crippen molar-refractivity contribution in [1.82, 2.24) is 9.55 Å². The number of carbonyl (C=O) groups excluding carboxylic acids is 4. The highest BCUT2D eigenvalue weighted by atomic mass is 16.5. The molecule has 1 aliphatic rings. The Morgan fingerprint density at radius 2 is 0.864 bits per heavy atom. The molecule has 322 valence electrons. The van der Waals surface area contributed by atoms with E-state index in [0.29, 0.717) is 56.2 Å². The summed E-state index contributed by atoms with van der Waals surface area (Å²) >= 11 is 0. The maximum atomic E-state index is 12.8. The minimum absolute atomic E-state index is 0.205. The van der Waals surface area contributed by atoms with Gasteiger partial charge in [0.2, 0.25) is 0 Å². The summed E-state index contributed by atoms with van der Waals surface area (Å²) in [5.41, 5.74) is 5.82. The zero-order chi connectivity index (χ0) is 46.5. The molecule has 0 amide bonds. The molecular weight excluding hydrogens is 837 g/mol. The maximum absolute atomic E-state index is 12.8. The second-order valence-electron chi connectivity index (χ2n) is 14.6. The van der Waals surface area contributed by atoms with Gasteiger partial charge in [0.15, 0.2) is 0 Å². The molecule has 1 aromatic heterocycles. The molecule has 6 aromatic carbocycles. The van der Waals surface area contributed by atoms with E-state index in [4.69, 9.17) is 33.9 Å². The van der Waals surface area contributed by atoms with Gasteiger partial charge >= 0.3 is 23.9 Å². The Labute approximate surface area is 378 Å². The lowest BCUT2D eigenvalue weighted by molar-refractivity contribution is 0.0592. The van der Waals surface area contributed by atoms with E-state index in [0.717, 1.165) is 0 Å². The van der Waals surface area contributed by atoms with Crippen molar-refractivity contribution in [3.63, 3.8) is 0 Å². The summed E-state index contributed by atoms with van der Waals surface area (Å²) in [6.45, 7) is 0. The van der Waals surface area contributed by atoms with Crippen molar-refractivity contribution in [2.75, 3.05) is 28.4 Å². The molecule has 0 saturated heterocycles. The molecule has 0 aliphatic carbocycles. The molecule has 14 nitrogen and oxygen atoms in total. The first-order valence-corrected chi connectivity index (χ1v) is 20.2. The number of rotatable bonds is 11. The molecule has 0 unspecified atom stereocenters. The van der Waals surface area contributed by atoms with Crippen molar-refractivity contribution in [3.05, 3.63) is 196 Å². The number of nitriles is 2. The number of esters is 4. The van der Waals surface area contributed by atoms with Gasteiger partial charge in [0.1, 0.15) is 5.82 Å². The fourth-order valence-electron chi connectivity index (χ4n) is 7.73. The minimum Gasteiger partial charge on any atom is -0.465 e. The van der Waals surface area contributed by atoms with Crippen LogP contribution in [0.1, 0.15) is 69.2 Å². The standard InChI is InChI=1S/C52H36N6O8/c1-63-48(59)35-21-13-31(14-22-35)43-44(32-15-23-36(24-16-32)49(60)64-2)57-52(56-43,42-12-8-6-10-40(42)30-54)58-46(34-19-27-38(28-20-34)51(62)66-4)45(33-17-25-37(26-18-33)50(61)65-3)55-47(58)41-11-7-5-9-39(41)29-53/h5-28H,1-4H3. The van der Waals surface area contributed by atoms with Crippen LogP contribution in [-0.4, -0.2) is 73.3 Å². The average Bonchev–Trinajstić information content (AvgIpc) is 3.99. The summed E-state index contributed by atoms with van der Waals surface area (Å²) in [4.78, 5) is 67.1. The highest BCUT2D eigenvalue weighted by molar-refractivity contribution is 6.54. The number of ether oxygens (including phenoxy) is 4. The molecule has 0 N–H and O–H groups in total. The summed E-state index contributed by atoms with van der Waals surface area (Å²) in [7, 11) is 5.15. The Hall–Kier alpha value is -9.27. The van der Waals surface area contributed by atoms with Crippen LogP contribution in [0, 0.1) is 22.7 Å². The average molecular weight is 873 g/mol. The van der Waals surface area contributed by atoms with Crippen molar-refractivity contribution < 1.29 is 38.1 Å². The van der Waals surface area contributed by atoms with E-state index in [2.05, 4.69) is 12.1 Å². The molecule has 14 heteroatoms. The fraction of sp³-hybridized carbons (Fsp3) is 0.0962. The van der Waals surface area contributed by atoms with Crippen LogP contribution in [0.25, 0.3) is 33.9 Å². The van der Waals surface area contributed by atoms with Crippen molar-refractivity contribution in [1.29, 1.82) is 10.5 Å². The summed E-state index contributed by atoms with van der Waals surface area (Å²) in [5, 5.41) is 21.5. The molecule has 0 saturated carbocycles. The lowest BCUT2D eigenvalue weighted by Crippen LogP contribution is -2.32. The zero-order valence-corrected chi connectivity index (χ0v) is 35.8. The molecule has 0 spiro atoms. The van der Waals surface area contributed by atoms with E-state index < -0.39 is 29.7 Å². The fourth-order valence-corrected chi connectivity index (χ4v) is 7.73. The summed E-state index contributed by atoms with van der Waals surface area (Å²) in [6, 6.07) is 44.9. The number of nitrogens with zero attached hydrogens (tertiary/aromatic N) is 6. The molecule has 0 radical (unpaired) electrons. The third-order valence-electron chi connectivity index (χ3n) is 11.0.